The van der Waals surface area contributed by atoms with Gasteiger partial charge in [-0.2, -0.15) is 0 Å². The summed E-state index contributed by atoms with van der Waals surface area (Å²) in [7, 11) is 0. The Morgan fingerprint density at radius 3 is 2.16 bits per heavy atom. The van der Waals surface area contributed by atoms with Gasteiger partial charge in [0.2, 0.25) is 0 Å². The van der Waals surface area contributed by atoms with Crippen LogP contribution in [0.15, 0.2) is 67.3 Å². The Labute approximate surface area is 188 Å². The van der Waals surface area contributed by atoms with Gasteiger partial charge in [0.05, 0.1) is 24.4 Å². The number of hydrogen-bond donors (Lipinski definition) is 2. The lowest BCUT2D eigenvalue weighted by Gasteiger charge is -2.09. The summed E-state index contributed by atoms with van der Waals surface area (Å²) < 4.78 is 7.38. The van der Waals surface area contributed by atoms with Crippen LogP contribution in [0.25, 0.3) is 0 Å². The van der Waals surface area contributed by atoms with Gasteiger partial charge in [-0.25, -0.2) is 9.78 Å². The van der Waals surface area contributed by atoms with Crippen molar-refractivity contribution in [2.75, 3.05) is 6.61 Å². The van der Waals surface area contributed by atoms with Gasteiger partial charge in [0, 0.05) is 12.4 Å². The van der Waals surface area contributed by atoms with E-state index in [0.29, 0.717) is 24.8 Å². The van der Waals surface area contributed by atoms with E-state index >= 15 is 0 Å². The standard InChI is InChI=1S/C13H18O2.C12H12N2O3/c1-9(2)8-11-4-6-12(7-5-11)10(3)13(14)15;15-12(16)10-1-3-11(4-2-10)17-8-7-14-6-5-13-9-14/h4-7,9-10H,8H2,1-3H3,(H,14,15);1-6,9H,7-8H2,(H,15,16). The SMILES string of the molecule is CC(C)Cc1ccc(C(C)C(=O)O)cc1.O=C(O)c1ccc(OCCn2ccnc2)cc1. The molecule has 1 atom stereocenters. The fourth-order valence-corrected chi connectivity index (χ4v) is 2.94. The molecule has 1 heterocycles. The number of aromatic nitrogens is 2. The van der Waals surface area contributed by atoms with Crippen molar-refractivity contribution in [2.45, 2.75) is 39.7 Å². The number of carboxylic acid groups (broad SMARTS) is 2. The van der Waals surface area contributed by atoms with Crippen LogP contribution < -0.4 is 4.74 Å². The smallest absolute Gasteiger partial charge is 0.335 e. The second-order valence-electron chi connectivity index (χ2n) is 7.88. The summed E-state index contributed by atoms with van der Waals surface area (Å²) in [6.45, 7) is 7.28. The lowest BCUT2D eigenvalue weighted by molar-refractivity contribution is -0.138. The zero-order valence-corrected chi connectivity index (χ0v) is 18.6. The van der Waals surface area contributed by atoms with Crippen LogP contribution in [0.2, 0.25) is 0 Å². The normalized spacial score (nSPS) is 11.4. The fourth-order valence-electron chi connectivity index (χ4n) is 2.94. The summed E-state index contributed by atoms with van der Waals surface area (Å²) in [4.78, 5) is 25.3. The average molecular weight is 439 g/mol. The van der Waals surface area contributed by atoms with Gasteiger partial charge in [-0.3, -0.25) is 4.79 Å². The van der Waals surface area contributed by atoms with Crippen molar-refractivity contribution in [2.24, 2.45) is 5.92 Å². The second kappa shape index (κ2) is 12.3. The maximum atomic E-state index is 10.8. The van der Waals surface area contributed by atoms with E-state index < -0.39 is 17.9 Å². The zero-order chi connectivity index (χ0) is 23.5. The predicted molar refractivity (Wildman–Crippen MR) is 122 cm³/mol. The molecule has 0 saturated heterocycles. The predicted octanol–water partition coefficient (Wildman–Crippen LogP) is 4.73. The summed E-state index contributed by atoms with van der Waals surface area (Å²) in [6, 6.07) is 14.2. The molecule has 2 aromatic carbocycles. The average Bonchev–Trinajstić information content (AvgIpc) is 3.28. The summed E-state index contributed by atoms with van der Waals surface area (Å²) in [6.07, 6.45) is 6.33. The molecule has 0 saturated carbocycles. The van der Waals surface area contributed by atoms with Gasteiger partial charge in [0.25, 0.3) is 0 Å². The van der Waals surface area contributed by atoms with Gasteiger partial charge >= 0.3 is 11.9 Å². The molecule has 3 aromatic rings. The highest BCUT2D eigenvalue weighted by Gasteiger charge is 2.12. The largest absolute Gasteiger partial charge is 0.492 e. The number of aromatic carboxylic acids is 1. The summed E-state index contributed by atoms with van der Waals surface area (Å²) >= 11 is 0. The molecular formula is C25H30N2O5. The zero-order valence-electron chi connectivity index (χ0n) is 18.6. The third-order valence-corrected chi connectivity index (χ3v) is 4.77. The van der Waals surface area contributed by atoms with Gasteiger partial charge in [0.15, 0.2) is 0 Å². The maximum Gasteiger partial charge on any atom is 0.335 e. The van der Waals surface area contributed by atoms with Gasteiger partial charge in [-0.1, -0.05) is 38.1 Å². The van der Waals surface area contributed by atoms with Crippen molar-refractivity contribution < 1.29 is 24.5 Å². The van der Waals surface area contributed by atoms with Crippen LogP contribution in [0.5, 0.6) is 5.75 Å². The van der Waals surface area contributed by atoms with Gasteiger partial charge in [0.1, 0.15) is 12.4 Å². The molecule has 0 spiro atoms. The lowest BCUT2D eigenvalue weighted by Crippen LogP contribution is -2.07. The van der Waals surface area contributed by atoms with E-state index in [1.807, 2.05) is 35.0 Å². The Bertz CT molecular complexity index is 965. The highest BCUT2D eigenvalue weighted by atomic mass is 16.5. The minimum Gasteiger partial charge on any atom is -0.492 e. The summed E-state index contributed by atoms with van der Waals surface area (Å²) in [5.74, 6) is -0.831. The first kappa shape index (κ1) is 24.7. The molecule has 2 N–H and O–H groups in total. The highest BCUT2D eigenvalue weighted by molar-refractivity contribution is 5.87. The quantitative estimate of drug-likeness (QED) is 0.501. The number of benzene rings is 2. The second-order valence-corrected chi connectivity index (χ2v) is 7.88. The van der Waals surface area contributed by atoms with Crippen molar-refractivity contribution in [3.8, 4) is 5.75 Å². The topological polar surface area (TPSA) is 102 Å². The van der Waals surface area contributed by atoms with E-state index in [-0.39, 0.29) is 5.56 Å². The summed E-state index contributed by atoms with van der Waals surface area (Å²) in [5, 5.41) is 17.6. The number of aliphatic carboxylic acids is 1. The molecule has 3 rings (SSSR count). The number of carbonyl (C=O) groups is 2. The number of rotatable bonds is 9. The molecule has 0 aliphatic rings. The molecule has 0 fully saturated rings. The Morgan fingerprint density at radius 1 is 1.00 bits per heavy atom. The molecule has 170 valence electrons. The van der Waals surface area contributed by atoms with Crippen molar-refractivity contribution in [1.29, 1.82) is 0 Å². The van der Waals surface area contributed by atoms with Crippen LogP contribution in [0.3, 0.4) is 0 Å². The van der Waals surface area contributed by atoms with Gasteiger partial charge < -0.3 is 19.5 Å². The van der Waals surface area contributed by atoms with Crippen LogP contribution >= 0.6 is 0 Å². The van der Waals surface area contributed by atoms with E-state index in [9.17, 15) is 9.59 Å². The Balaban J connectivity index is 0.000000229. The molecule has 1 unspecified atom stereocenters. The Kier molecular flexibility index (Phi) is 9.47. The molecular weight excluding hydrogens is 408 g/mol. The molecule has 7 heteroatoms. The maximum absolute atomic E-state index is 10.8. The van der Waals surface area contributed by atoms with E-state index in [2.05, 4.69) is 18.8 Å². The number of hydrogen-bond acceptors (Lipinski definition) is 4. The minimum atomic E-state index is -0.935. The van der Waals surface area contributed by atoms with E-state index in [1.165, 1.54) is 17.7 Å². The Morgan fingerprint density at radius 2 is 1.66 bits per heavy atom. The monoisotopic (exact) mass is 438 g/mol. The highest BCUT2D eigenvalue weighted by Crippen LogP contribution is 2.17. The molecule has 1 aromatic heterocycles. The van der Waals surface area contributed by atoms with E-state index in [4.69, 9.17) is 14.9 Å². The molecule has 0 aliphatic carbocycles. The van der Waals surface area contributed by atoms with Crippen LogP contribution in [0.1, 0.15) is 48.2 Å². The van der Waals surface area contributed by atoms with Crippen LogP contribution in [0, 0.1) is 5.92 Å². The van der Waals surface area contributed by atoms with Crippen LogP contribution in [0.4, 0.5) is 0 Å². The van der Waals surface area contributed by atoms with Crippen molar-refractivity contribution >= 4 is 11.9 Å². The van der Waals surface area contributed by atoms with Crippen molar-refractivity contribution in [3.63, 3.8) is 0 Å². The number of nitrogens with zero attached hydrogens (tertiary/aromatic N) is 2. The third-order valence-electron chi connectivity index (χ3n) is 4.77. The van der Waals surface area contributed by atoms with Crippen LogP contribution in [-0.2, 0) is 17.8 Å². The first-order valence-electron chi connectivity index (χ1n) is 10.5. The van der Waals surface area contributed by atoms with Crippen LogP contribution in [-0.4, -0.2) is 38.3 Å². The number of carboxylic acids is 2. The van der Waals surface area contributed by atoms with Gasteiger partial charge in [-0.05, 0) is 54.7 Å². The molecule has 0 amide bonds. The van der Waals surface area contributed by atoms with Crippen molar-refractivity contribution in [3.05, 3.63) is 83.9 Å². The molecule has 7 nitrogen and oxygen atoms in total. The fraction of sp³-hybridized carbons (Fsp3) is 0.320. The van der Waals surface area contributed by atoms with E-state index in [1.54, 1.807) is 31.6 Å². The summed E-state index contributed by atoms with van der Waals surface area (Å²) in [5.41, 5.74) is 2.40. The number of imidazole rings is 1. The molecule has 0 aliphatic heterocycles. The van der Waals surface area contributed by atoms with Crippen molar-refractivity contribution in [1.82, 2.24) is 9.55 Å². The molecule has 0 bridgehead atoms. The third kappa shape index (κ3) is 8.26. The minimum absolute atomic E-state index is 0.256. The molecule has 32 heavy (non-hydrogen) atoms. The van der Waals surface area contributed by atoms with Gasteiger partial charge in [-0.15, -0.1) is 0 Å². The Hall–Kier alpha value is -3.61. The molecule has 0 radical (unpaired) electrons. The first-order valence-corrected chi connectivity index (χ1v) is 10.5. The first-order chi connectivity index (χ1) is 15.3. The van der Waals surface area contributed by atoms with E-state index in [0.717, 1.165) is 12.0 Å². The lowest BCUT2D eigenvalue weighted by atomic mass is 9.97. The number of ether oxygens (including phenoxy) is 1.